The molecule has 72 valence electrons. The quantitative estimate of drug-likeness (QED) is 0.715. The van der Waals surface area contributed by atoms with Gasteiger partial charge in [0.15, 0.2) is 0 Å². The Morgan fingerprint density at radius 3 is 2.71 bits per heavy atom. The lowest BCUT2D eigenvalue weighted by atomic mass is 10.1. The first kappa shape index (κ1) is 9.41. The molecule has 0 N–H and O–H groups in total. The third-order valence-corrected chi connectivity index (χ3v) is 2.41. The molecule has 1 heterocycles. The highest BCUT2D eigenvalue weighted by molar-refractivity contribution is 6.31. The minimum atomic E-state index is 0.388. The van der Waals surface area contributed by atoms with Crippen LogP contribution >= 0.6 is 11.6 Å². The molecule has 0 aliphatic rings. The molecule has 0 spiro atoms. The Balaban J connectivity index is 2.77. The molecule has 0 aliphatic carbocycles. The molecular weight excluding hydrogens is 196 g/mol. The smallest absolute Gasteiger partial charge is 0.116 e. The van der Waals surface area contributed by atoms with Crippen LogP contribution in [0.2, 0.25) is 5.02 Å². The van der Waals surface area contributed by atoms with E-state index in [0.717, 1.165) is 21.6 Å². The second-order valence-electron chi connectivity index (χ2n) is 3.58. The van der Waals surface area contributed by atoms with Gasteiger partial charge in [0.1, 0.15) is 6.33 Å². The molecule has 1 aromatic heterocycles. The fraction of sp³-hybridized carbons (Fsp3) is 0.273. The van der Waals surface area contributed by atoms with Crippen LogP contribution in [-0.4, -0.2) is 9.97 Å². The molecule has 0 unspecified atom stereocenters. The SMILES string of the molecule is CC(C)c1ncnc2ccc(Cl)cc12. The summed E-state index contributed by atoms with van der Waals surface area (Å²) in [4.78, 5) is 8.47. The largest absolute Gasteiger partial charge is 0.240 e. The highest BCUT2D eigenvalue weighted by Crippen LogP contribution is 2.24. The first-order valence-electron chi connectivity index (χ1n) is 4.58. The average Bonchev–Trinajstić information content (AvgIpc) is 2.16. The molecule has 1 aromatic carbocycles. The number of benzene rings is 1. The molecule has 0 saturated carbocycles. The molecule has 0 amide bonds. The van der Waals surface area contributed by atoms with Crippen LogP contribution in [0, 0.1) is 0 Å². The lowest BCUT2D eigenvalue weighted by molar-refractivity contribution is 0.828. The van der Waals surface area contributed by atoms with E-state index in [1.165, 1.54) is 0 Å². The summed E-state index contributed by atoms with van der Waals surface area (Å²) in [5.74, 6) is 0.388. The number of hydrogen-bond acceptors (Lipinski definition) is 2. The molecule has 14 heavy (non-hydrogen) atoms. The van der Waals surface area contributed by atoms with Crippen molar-refractivity contribution in [3.05, 3.63) is 35.2 Å². The van der Waals surface area contributed by atoms with Crippen molar-refractivity contribution in [2.45, 2.75) is 19.8 Å². The Morgan fingerprint density at radius 2 is 2.00 bits per heavy atom. The Bertz CT molecular complexity index is 466. The Labute approximate surface area is 88.0 Å². The van der Waals surface area contributed by atoms with Gasteiger partial charge < -0.3 is 0 Å². The average molecular weight is 207 g/mol. The van der Waals surface area contributed by atoms with Crippen LogP contribution in [0.15, 0.2) is 24.5 Å². The number of hydrogen-bond donors (Lipinski definition) is 0. The van der Waals surface area contributed by atoms with Gasteiger partial charge in [-0.25, -0.2) is 9.97 Å². The molecule has 2 aromatic rings. The van der Waals surface area contributed by atoms with Crippen LogP contribution < -0.4 is 0 Å². The van der Waals surface area contributed by atoms with Crippen molar-refractivity contribution in [3.8, 4) is 0 Å². The van der Waals surface area contributed by atoms with E-state index in [1.54, 1.807) is 6.33 Å². The van der Waals surface area contributed by atoms with Crippen LogP contribution in [0.4, 0.5) is 0 Å². The number of halogens is 1. The second kappa shape index (κ2) is 3.54. The maximum absolute atomic E-state index is 5.94. The third-order valence-electron chi connectivity index (χ3n) is 2.18. The molecule has 2 rings (SSSR count). The fourth-order valence-electron chi connectivity index (χ4n) is 1.51. The van der Waals surface area contributed by atoms with Crippen molar-refractivity contribution in [2.24, 2.45) is 0 Å². The second-order valence-corrected chi connectivity index (χ2v) is 4.01. The topological polar surface area (TPSA) is 25.8 Å². The van der Waals surface area contributed by atoms with Gasteiger partial charge in [-0.2, -0.15) is 0 Å². The summed E-state index contributed by atoms with van der Waals surface area (Å²) in [6, 6.07) is 5.69. The first-order valence-corrected chi connectivity index (χ1v) is 4.96. The van der Waals surface area contributed by atoms with Crippen LogP contribution in [0.1, 0.15) is 25.5 Å². The minimum Gasteiger partial charge on any atom is -0.240 e. The van der Waals surface area contributed by atoms with Gasteiger partial charge in [0, 0.05) is 10.4 Å². The van der Waals surface area contributed by atoms with E-state index in [1.807, 2.05) is 18.2 Å². The van der Waals surface area contributed by atoms with Gasteiger partial charge in [0.25, 0.3) is 0 Å². The Kier molecular flexibility index (Phi) is 2.38. The summed E-state index contributed by atoms with van der Waals surface area (Å²) in [5.41, 5.74) is 2.01. The van der Waals surface area contributed by atoms with Crippen molar-refractivity contribution in [3.63, 3.8) is 0 Å². The summed E-state index contributed by atoms with van der Waals surface area (Å²) in [6.07, 6.45) is 1.60. The maximum Gasteiger partial charge on any atom is 0.116 e. The summed E-state index contributed by atoms with van der Waals surface area (Å²) >= 11 is 5.94. The van der Waals surface area contributed by atoms with Crippen LogP contribution in [0.5, 0.6) is 0 Å². The summed E-state index contributed by atoms with van der Waals surface area (Å²) in [5, 5.41) is 1.78. The Hall–Kier alpha value is -1.15. The zero-order valence-corrected chi connectivity index (χ0v) is 8.92. The number of nitrogens with zero attached hydrogens (tertiary/aromatic N) is 2. The van der Waals surface area contributed by atoms with Gasteiger partial charge in [-0.05, 0) is 24.1 Å². The molecule has 0 saturated heterocycles. The van der Waals surface area contributed by atoms with E-state index in [-0.39, 0.29) is 0 Å². The van der Waals surface area contributed by atoms with Crippen LogP contribution in [0.3, 0.4) is 0 Å². The fourth-order valence-corrected chi connectivity index (χ4v) is 1.68. The van der Waals surface area contributed by atoms with Crippen molar-refractivity contribution >= 4 is 22.5 Å². The molecule has 0 atom stereocenters. The molecular formula is C11H11ClN2. The van der Waals surface area contributed by atoms with Gasteiger partial charge in [-0.1, -0.05) is 25.4 Å². The first-order chi connectivity index (χ1) is 6.68. The van der Waals surface area contributed by atoms with E-state index >= 15 is 0 Å². The highest BCUT2D eigenvalue weighted by Gasteiger charge is 2.07. The van der Waals surface area contributed by atoms with Crippen molar-refractivity contribution in [1.82, 2.24) is 9.97 Å². The predicted molar refractivity (Wildman–Crippen MR) is 58.6 cm³/mol. The minimum absolute atomic E-state index is 0.388. The summed E-state index contributed by atoms with van der Waals surface area (Å²) in [7, 11) is 0. The zero-order valence-electron chi connectivity index (χ0n) is 8.16. The normalized spacial score (nSPS) is 11.1. The van der Waals surface area contributed by atoms with Gasteiger partial charge in [0.05, 0.1) is 11.2 Å². The van der Waals surface area contributed by atoms with Gasteiger partial charge in [-0.3, -0.25) is 0 Å². The van der Waals surface area contributed by atoms with Crippen molar-refractivity contribution in [2.75, 3.05) is 0 Å². The van der Waals surface area contributed by atoms with E-state index < -0.39 is 0 Å². The van der Waals surface area contributed by atoms with Gasteiger partial charge >= 0.3 is 0 Å². The van der Waals surface area contributed by atoms with E-state index in [2.05, 4.69) is 23.8 Å². The molecule has 3 heteroatoms. The lowest BCUT2D eigenvalue weighted by Crippen LogP contribution is -1.95. The van der Waals surface area contributed by atoms with Crippen molar-refractivity contribution < 1.29 is 0 Å². The predicted octanol–water partition coefficient (Wildman–Crippen LogP) is 3.41. The molecule has 0 bridgehead atoms. The highest BCUT2D eigenvalue weighted by atomic mass is 35.5. The van der Waals surface area contributed by atoms with Gasteiger partial charge in [-0.15, -0.1) is 0 Å². The Morgan fingerprint density at radius 1 is 1.21 bits per heavy atom. The third kappa shape index (κ3) is 1.58. The maximum atomic E-state index is 5.94. The summed E-state index contributed by atoms with van der Waals surface area (Å²) in [6.45, 7) is 4.23. The van der Waals surface area contributed by atoms with Crippen molar-refractivity contribution in [1.29, 1.82) is 0 Å². The number of rotatable bonds is 1. The monoisotopic (exact) mass is 206 g/mol. The standard InChI is InChI=1S/C11H11ClN2/c1-7(2)11-9-5-8(12)3-4-10(9)13-6-14-11/h3-7H,1-2H3. The molecule has 2 nitrogen and oxygen atoms in total. The zero-order chi connectivity index (χ0) is 10.1. The van der Waals surface area contributed by atoms with Crippen LogP contribution in [-0.2, 0) is 0 Å². The van der Waals surface area contributed by atoms with Gasteiger partial charge in [0.2, 0.25) is 0 Å². The molecule has 0 radical (unpaired) electrons. The molecule has 0 aliphatic heterocycles. The van der Waals surface area contributed by atoms with Crippen LogP contribution in [0.25, 0.3) is 10.9 Å². The number of aromatic nitrogens is 2. The molecule has 0 fully saturated rings. The van der Waals surface area contributed by atoms with E-state index in [4.69, 9.17) is 11.6 Å². The lowest BCUT2D eigenvalue weighted by Gasteiger charge is -2.07. The summed E-state index contributed by atoms with van der Waals surface area (Å²) < 4.78 is 0. The van der Waals surface area contributed by atoms with E-state index in [9.17, 15) is 0 Å². The number of fused-ring (bicyclic) bond motifs is 1. The van der Waals surface area contributed by atoms with E-state index in [0.29, 0.717) is 5.92 Å².